The van der Waals surface area contributed by atoms with Crippen molar-refractivity contribution in [2.75, 3.05) is 7.05 Å². The van der Waals surface area contributed by atoms with E-state index in [0.717, 1.165) is 23.4 Å². The third-order valence-electron chi connectivity index (χ3n) is 5.24. The summed E-state index contributed by atoms with van der Waals surface area (Å²) < 4.78 is 41.6. The van der Waals surface area contributed by atoms with Crippen molar-refractivity contribution >= 4 is 5.91 Å². The lowest BCUT2D eigenvalue weighted by atomic mass is 10.0. The van der Waals surface area contributed by atoms with Crippen LogP contribution >= 0.6 is 0 Å². The van der Waals surface area contributed by atoms with E-state index in [9.17, 15) is 18.0 Å². The minimum Gasteiger partial charge on any atom is -0.339 e. The quantitative estimate of drug-likeness (QED) is 0.623. The van der Waals surface area contributed by atoms with Gasteiger partial charge in [-0.2, -0.15) is 5.10 Å². The van der Waals surface area contributed by atoms with Gasteiger partial charge in [0, 0.05) is 18.3 Å². The number of hydrogen-bond donors (Lipinski definition) is 0. The molecule has 7 heteroatoms. The van der Waals surface area contributed by atoms with Gasteiger partial charge in [0.25, 0.3) is 0 Å². The second-order valence-corrected chi connectivity index (χ2v) is 7.07. The van der Waals surface area contributed by atoms with Crippen LogP contribution in [0.4, 0.5) is 13.2 Å². The molecule has 152 valence electrons. The highest BCUT2D eigenvalue weighted by Gasteiger charge is 2.22. The maximum Gasteiger partial charge on any atom is 0.227 e. The Labute approximate surface area is 167 Å². The van der Waals surface area contributed by atoms with Crippen LogP contribution in [-0.4, -0.2) is 27.6 Å². The van der Waals surface area contributed by atoms with E-state index < -0.39 is 17.7 Å². The second-order valence-electron chi connectivity index (χ2n) is 7.07. The molecule has 0 radical (unpaired) electrons. The number of likely N-dealkylation sites (N-methyl/N-ethyl adjacent to an activating group) is 1. The number of aromatic nitrogens is 2. The van der Waals surface area contributed by atoms with Gasteiger partial charge in [0.15, 0.2) is 11.6 Å². The summed E-state index contributed by atoms with van der Waals surface area (Å²) in [5.41, 5.74) is 3.48. The lowest BCUT2D eigenvalue weighted by Crippen LogP contribution is -2.31. The minimum absolute atomic E-state index is 0.114. The smallest absolute Gasteiger partial charge is 0.227 e. The molecule has 0 aliphatic rings. The van der Waals surface area contributed by atoms with Crippen molar-refractivity contribution in [3.8, 4) is 5.69 Å². The van der Waals surface area contributed by atoms with Gasteiger partial charge in [-0.25, -0.2) is 17.9 Å². The van der Waals surface area contributed by atoms with Gasteiger partial charge in [0.05, 0.1) is 23.8 Å². The van der Waals surface area contributed by atoms with Crippen molar-refractivity contribution in [1.82, 2.24) is 14.7 Å². The molecule has 4 nitrogen and oxygen atoms in total. The first-order chi connectivity index (χ1) is 13.7. The number of carbonyl (C=O) groups is 1. The van der Waals surface area contributed by atoms with Gasteiger partial charge in [0.1, 0.15) is 5.82 Å². The van der Waals surface area contributed by atoms with Crippen LogP contribution in [0.3, 0.4) is 0 Å². The molecule has 2 aromatic carbocycles. The third kappa shape index (κ3) is 4.18. The molecule has 1 aromatic heterocycles. The molecule has 1 unspecified atom stereocenters. The average Bonchev–Trinajstić information content (AvgIpc) is 2.97. The van der Waals surface area contributed by atoms with Gasteiger partial charge in [-0.1, -0.05) is 6.07 Å². The van der Waals surface area contributed by atoms with E-state index in [4.69, 9.17) is 0 Å². The summed E-state index contributed by atoms with van der Waals surface area (Å²) in [6, 6.07) is 9.16. The van der Waals surface area contributed by atoms with Crippen molar-refractivity contribution in [2.45, 2.75) is 33.2 Å². The zero-order valence-electron chi connectivity index (χ0n) is 16.7. The lowest BCUT2D eigenvalue weighted by molar-refractivity contribution is -0.131. The predicted molar refractivity (Wildman–Crippen MR) is 104 cm³/mol. The molecular formula is C22H22F3N3O. The van der Waals surface area contributed by atoms with Gasteiger partial charge < -0.3 is 4.90 Å². The third-order valence-corrected chi connectivity index (χ3v) is 5.24. The monoisotopic (exact) mass is 401 g/mol. The number of aryl methyl sites for hydroxylation is 1. The normalized spacial score (nSPS) is 12.1. The fourth-order valence-electron chi connectivity index (χ4n) is 3.25. The summed E-state index contributed by atoms with van der Waals surface area (Å²) in [5.74, 6) is -2.37. The Bertz CT molecular complexity index is 1040. The first-order valence-corrected chi connectivity index (χ1v) is 9.20. The molecule has 0 bridgehead atoms. The number of halogens is 3. The molecule has 0 saturated heterocycles. The number of hydrogen-bond acceptors (Lipinski definition) is 2. The van der Waals surface area contributed by atoms with Crippen LogP contribution in [0.2, 0.25) is 0 Å². The molecule has 3 rings (SSSR count). The van der Waals surface area contributed by atoms with Crippen LogP contribution in [0.15, 0.2) is 42.5 Å². The Kier molecular flexibility index (Phi) is 5.77. The van der Waals surface area contributed by atoms with Crippen molar-refractivity contribution < 1.29 is 18.0 Å². The highest BCUT2D eigenvalue weighted by molar-refractivity contribution is 5.79. The van der Waals surface area contributed by atoms with E-state index in [0.29, 0.717) is 16.9 Å². The number of benzene rings is 2. The Hall–Kier alpha value is -3.09. The topological polar surface area (TPSA) is 38.1 Å². The predicted octanol–water partition coefficient (Wildman–Crippen LogP) is 4.67. The summed E-state index contributed by atoms with van der Waals surface area (Å²) in [4.78, 5) is 14.3. The standard InChI is InChI=1S/C22H22F3N3O/c1-13-19(15(3)28(26-13)18-8-6-17(23)7-9-18)12-22(29)27(4)14(2)16-5-10-20(24)21(25)11-16/h5-11,14H,12H2,1-4H3. The summed E-state index contributed by atoms with van der Waals surface area (Å²) in [5, 5.41) is 4.48. The molecule has 3 aromatic rings. The molecule has 1 amide bonds. The number of amides is 1. The summed E-state index contributed by atoms with van der Waals surface area (Å²) >= 11 is 0. The van der Waals surface area contributed by atoms with Crippen molar-refractivity contribution in [1.29, 1.82) is 0 Å². The molecule has 0 aliphatic heterocycles. The summed E-state index contributed by atoms with van der Waals surface area (Å²) in [6.45, 7) is 5.42. The van der Waals surface area contributed by atoms with Gasteiger partial charge >= 0.3 is 0 Å². The van der Waals surface area contributed by atoms with E-state index in [1.807, 2.05) is 13.8 Å². The van der Waals surface area contributed by atoms with E-state index in [-0.39, 0.29) is 18.1 Å². The molecule has 0 N–H and O–H groups in total. The zero-order valence-corrected chi connectivity index (χ0v) is 16.7. The Morgan fingerprint density at radius 1 is 1.07 bits per heavy atom. The van der Waals surface area contributed by atoms with Crippen LogP contribution in [0.5, 0.6) is 0 Å². The first kappa shape index (κ1) is 20.6. The highest BCUT2D eigenvalue weighted by Crippen LogP contribution is 2.24. The lowest BCUT2D eigenvalue weighted by Gasteiger charge is -2.25. The number of rotatable bonds is 5. The van der Waals surface area contributed by atoms with E-state index in [2.05, 4.69) is 5.10 Å². The summed E-state index contributed by atoms with van der Waals surface area (Å²) in [6.07, 6.45) is 0.114. The molecular weight excluding hydrogens is 379 g/mol. The van der Waals surface area contributed by atoms with E-state index in [1.54, 1.807) is 30.8 Å². The van der Waals surface area contributed by atoms with Crippen LogP contribution in [0.25, 0.3) is 5.69 Å². The van der Waals surface area contributed by atoms with Crippen LogP contribution in [0, 0.1) is 31.3 Å². The number of nitrogens with zero attached hydrogens (tertiary/aromatic N) is 3. The largest absolute Gasteiger partial charge is 0.339 e. The SMILES string of the molecule is Cc1nn(-c2ccc(F)cc2)c(C)c1CC(=O)N(C)C(C)c1ccc(F)c(F)c1. The van der Waals surface area contributed by atoms with Crippen molar-refractivity contribution in [2.24, 2.45) is 0 Å². The van der Waals surface area contributed by atoms with Gasteiger partial charge in [-0.05, 0) is 62.7 Å². The highest BCUT2D eigenvalue weighted by atomic mass is 19.2. The van der Waals surface area contributed by atoms with Gasteiger partial charge in [-0.3, -0.25) is 4.79 Å². The summed E-state index contributed by atoms with van der Waals surface area (Å²) in [7, 11) is 1.63. The van der Waals surface area contributed by atoms with Gasteiger partial charge in [0.2, 0.25) is 5.91 Å². The average molecular weight is 401 g/mol. The molecule has 1 heterocycles. The Balaban J connectivity index is 1.81. The van der Waals surface area contributed by atoms with Gasteiger partial charge in [-0.15, -0.1) is 0 Å². The molecule has 29 heavy (non-hydrogen) atoms. The fourth-order valence-corrected chi connectivity index (χ4v) is 3.25. The maximum atomic E-state index is 13.5. The first-order valence-electron chi connectivity index (χ1n) is 9.20. The van der Waals surface area contributed by atoms with E-state index >= 15 is 0 Å². The van der Waals surface area contributed by atoms with Crippen molar-refractivity contribution in [3.63, 3.8) is 0 Å². The minimum atomic E-state index is -0.942. The second kappa shape index (κ2) is 8.11. The van der Waals surface area contributed by atoms with Crippen molar-refractivity contribution in [3.05, 3.63) is 82.4 Å². The molecule has 0 fully saturated rings. The van der Waals surface area contributed by atoms with E-state index in [1.165, 1.54) is 23.1 Å². The van der Waals surface area contributed by atoms with Crippen LogP contribution < -0.4 is 0 Å². The molecule has 1 atom stereocenters. The maximum absolute atomic E-state index is 13.5. The molecule has 0 spiro atoms. The zero-order chi connectivity index (χ0) is 21.3. The Morgan fingerprint density at radius 2 is 1.72 bits per heavy atom. The number of carbonyl (C=O) groups excluding carboxylic acids is 1. The van der Waals surface area contributed by atoms with Crippen LogP contribution in [0.1, 0.15) is 35.5 Å². The fraction of sp³-hybridized carbons (Fsp3) is 0.273. The molecule has 0 aliphatic carbocycles. The molecule has 0 saturated carbocycles. The Morgan fingerprint density at radius 3 is 2.34 bits per heavy atom. The van der Waals surface area contributed by atoms with Crippen LogP contribution in [-0.2, 0) is 11.2 Å².